The van der Waals surface area contributed by atoms with E-state index in [0.29, 0.717) is 29.3 Å². The Morgan fingerprint density at radius 2 is 1.97 bits per heavy atom. The Hall–Kier alpha value is -2.10. The first-order valence-electron chi connectivity index (χ1n) is 10.5. The molecule has 0 aliphatic rings. The number of aromatic nitrogens is 4. The molecule has 0 radical (unpaired) electrons. The summed E-state index contributed by atoms with van der Waals surface area (Å²) in [4.78, 5) is 14.0. The van der Waals surface area contributed by atoms with Crippen molar-refractivity contribution in [3.63, 3.8) is 0 Å². The summed E-state index contributed by atoms with van der Waals surface area (Å²) in [6.45, 7) is 4.99. The first kappa shape index (κ1) is 25.5. The van der Waals surface area contributed by atoms with Crippen molar-refractivity contribution >= 4 is 37.5 Å². The van der Waals surface area contributed by atoms with E-state index in [-0.39, 0.29) is 27.0 Å². The molecule has 0 aliphatic heterocycles. The monoisotopic (exact) mass is 501 g/mol. The largest absolute Gasteiger partial charge is 0.494 e. The molecule has 2 heterocycles. The zero-order valence-electron chi connectivity index (χ0n) is 18.4. The van der Waals surface area contributed by atoms with Crippen LogP contribution in [0.5, 0.6) is 5.75 Å². The minimum Gasteiger partial charge on any atom is -0.494 e. The molecule has 0 aliphatic carbocycles. The van der Waals surface area contributed by atoms with Crippen LogP contribution in [0, 0.1) is 0 Å². The van der Waals surface area contributed by atoms with Gasteiger partial charge in [0.1, 0.15) is 16.3 Å². The maximum Gasteiger partial charge on any atom is 0.392 e. The van der Waals surface area contributed by atoms with Gasteiger partial charge in [0.15, 0.2) is 5.65 Å². The topological polar surface area (TPSA) is 88.1 Å². The first-order chi connectivity index (χ1) is 15.7. The number of benzene rings is 1. The molecule has 0 saturated heterocycles. The quantitative estimate of drug-likeness (QED) is 0.204. The van der Waals surface area contributed by atoms with Crippen LogP contribution in [-0.4, -0.2) is 50.9 Å². The molecule has 0 amide bonds. The van der Waals surface area contributed by atoms with Gasteiger partial charge in [0.05, 0.1) is 38.1 Å². The Morgan fingerprint density at radius 1 is 1.21 bits per heavy atom. The van der Waals surface area contributed by atoms with Crippen molar-refractivity contribution in [2.75, 3.05) is 24.9 Å². The van der Waals surface area contributed by atoms with Crippen LogP contribution in [0.3, 0.4) is 0 Å². The Morgan fingerprint density at radius 3 is 2.67 bits per heavy atom. The van der Waals surface area contributed by atoms with Gasteiger partial charge >= 0.3 is 6.18 Å². The Bertz CT molecular complexity index is 1030. The lowest BCUT2D eigenvalue weighted by Crippen LogP contribution is -2.17. The number of halogens is 3. The van der Waals surface area contributed by atoms with Crippen LogP contribution < -0.4 is 10.5 Å². The van der Waals surface area contributed by atoms with Crippen molar-refractivity contribution in [1.29, 1.82) is 0 Å². The summed E-state index contributed by atoms with van der Waals surface area (Å²) < 4.78 is 49.8. The molecule has 2 N–H and O–H groups in total. The minimum absolute atomic E-state index is 0.0592. The normalized spacial score (nSPS) is 13.2. The van der Waals surface area contributed by atoms with E-state index >= 15 is 0 Å². The molecule has 2 unspecified atom stereocenters. The average Bonchev–Trinajstić information content (AvgIpc) is 3.14. The predicted molar refractivity (Wildman–Crippen MR) is 125 cm³/mol. The van der Waals surface area contributed by atoms with Crippen LogP contribution in [0.4, 0.5) is 19.1 Å². The fourth-order valence-electron chi connectivity index (χ4n) is 2.91. The summed E-state index contributed by atoms with van der Waals surface area (Å²) in [5.74, 6) is 0.931. The number of ether oxygens (including phenoxy) is 2. The minimum atomic E-state index is -4.16. The number of imidazole rings is 1. The Balaban J connectivity index is 1.65. The van der Waals surface area contributed by atoms with Gasteiger partial charge in [-0.3, -0.25) is 0 Å². The van der Waals surface area contributed by atoms with Crippen molar-refractivity contribution in [2.24, 2.45) is 0 Å². The summed E-state index contributed by atoms with van der Waals surface area (Å²) >= 11 is 1.42. The van der Waals surface area contributed by atoms with E-state index in [9.17, 15) is 13.2 Å². The number of nitrogens with two attached hydrogens (primary N) is 1. The maximum atomic E-state index is 12.3. The van der Waals surface area contributed by atoms with Gasteiger partial charge in [0.25, 0.3) is 0 Å². The second kappa shape index (κ2) is 11.9. The van der Waals surface area contributed by atoms with Gasteiger partial charge in [0.2, 0.25) is 5.95 Å². The van der Waals surface area contributed by atoms with Crippen molar-refractivity contribution in [3.05, 3.63) is 30.6 Å². The van der Waals surface area contributed by atoms with E-state index in [1.165, 1.54) is 11.8 Å². The molecule has 0 saturated carbocycles. The number of nitrogens with zero attached hydrogens (tertiary/aromatic N) is 4. The molecule has 180 valence electrons. The summed E-state index contributed by atoms with van der Waals surface area (Å²) in [6.07, 6.45) is -1.53. The molecule has 12 heteroatoms. The smallest absolute Gasteiger partial charge is 0.392 e. The lowest BCUT2D eigenvalue weighted by molar-refractivity contribution is -0.106. The number of rotatable bonds is 12. The van der Waals surface area contributed by atoms with E-state index < -0.39 is 12.3 Å². The van der Waals surface area contributed by atoms with Crippen LogP contribution in [0.1, 0.15) is 26.7 Å². The number of anilines is 1. The van der Waals surface area contributed by atoms with Gasteiger partial charge in [-0.25, -0.2) is 9.97 Å². The second-order valence-electron chi connectivity index (χ2n) is 7.40. The van der Waals surface area contributed by atoms with Crippen LogP contribution in [0.2, 0.25) is 0 Å². The molecule has 2 atom stereocenters. The zero-order chi connectivity index (χ0) is 23.8. The summed E-state index contributed by atoms with van der Waals surface area (Å²) in [7, 11) is -0.326. The SMILES string of the molecule is CCCCOc1ccc(Sc2nc(N)nc3c2ncn3CC(C)OCPCC(F)(F)F)cc1. The first-order valence-corrected chi connectivity index (χ1v) is 12.8. The molecular formula is C21H27F3N5O2PS. The number of hydrogen-bond acceptors (Lipinski definition) is 7. The fraction of sp³-hybridized carbons (Fsp3) is 0.476. The van der Waals surface area contributed by atoms with E-state index in [2.05, 4.69) is 21.9 Å². The zero-order valence-corrected chi connectivity index (χ0v) is 20.2. The van der Waals surface area contributed by atoms with Gasteiger partial charge < -0.3 is 19.8 Å². The molecule has 33 heavy (non-hydrogen) atoms. The van der Waals surface area contributed by atoms with Gasteiger partial charge in [0, 0.05) is 4.90 Å². The molecule has 0 spiro atoms. The molecular weight excluding hydrogens is 474 g/mol. The van der Waals surface area contributed by atoms with Gasteiger partial charge in [-0.05, 0) is 37.6 Å². The number of hydrogen-bond donors (Lipinski definition) is 1. The van der Waals surface area contributed by atoms with Crippen molar-refractivity contribution in [1.82, 2.24) is 19.5 Å². The van der Waals surface area contributed by atoms with E-state index in [1.807, 2.05) is 24.3 Å². The summed E-state index contributed by atoms with van der Waals surface area (Å²) in [5, 5.41) is 0.621. The number of unbranched alkanes of at least 4 members (excludes halogenated alkanes) is 1. The van der Waals surface area contributed by atoms with Crippen molar-refractivity contribution in [3.8, 4) is 5.75 Å². The average molecular weight is 502 g/mol. The number of fused-ring (bicyclic) bond motifs is 1. The Labute approximate surface area is 196 Å². The lowest BCUT2D eigenvalue weighted by atomic mass is 10.3. The van der Waals surface area contributed by atoms with Gasteiger partial charge in [-0.2, -0.15) is 18.2 Å². The van der Waals surface area contributed by atoms with E-state index in [4.69, 9.17) is 15.2 Å². The highest BCUT2D eigenvalue weighted by atomic mass is 32.2. The van der Waals surface area contributed by atoms with Crippen LogP contribution >= 0.6 is 20.3 Å². The highest BCUT2D eigenvalue weighted by Crippen LogP contribution is 2.32. The van der Waals surface area contributed by atoms with E-state index in [0.717, 1.165) is 23.5 Å². The summed E-state index contributed by atoms with van der Waals surface area (Å²) in [6, 6.07) is 7.73. The molecule has 2 aromatic heterocycles. The third-order valence-corrected chi connectivity index (χ3v) is 6.51. The molecule has 0 fully saturated rings. The van der Waals surface area contributed by atoms with Crippen LogP contribution in [-0.2, 0) is 11.3 Å². The third-order valence-electron chi connectivity index (χ3n) is 4.50. The standard InChI is InChI=1S/C21H27F3N5O2PS/c1-3-4-9-30-15-5-7-16(8-6-15)33-19-17-18(27-20(25)28-19)29(12-26-17)10-14(2)31-13-32-11-21(22,23)24/h5-8,12,14,32H,3-4,9-11,13H2,1-2H3,(H2,25,27,28). The molecule has 0 bridgehead atoms. The van der Waals surface area contributed by atoms with Crippen molar-refractivity contribution in [2.45, 2.75) is 55.4 Å². The molecule has 3 aromatic rings. The molecule has 3 rings (SSSR count). The lowest BCUT2D eigenvalue weighted by Gasteiger charge is -2.14. The summed E-state index contributed by atoms with van der Waals surface area (Å²) in [5.41, 5.74) is 7.09. The Kier molecular flexibility index (Phi) is 9.17. The number of nitrogen functional groups attached to an aromatic ring is 1. The maximum absolute atomic E-state index is 12.3. The predicted octanol–water partition coefficient (Wildman–Crippen LogP) is 5.34. The highest BCUT2D eigenvalue weighted by molar-refractivity contribution is 7.99. The van der Waals surface area contributed by atoms with Gasteiger partial charge in [-0.1, -0.05) is 33.7 Å². The van der Waals surface area contributed by atoms with Crippen LogP contribution in [0.25, 0.3) is 11.2 Å². The van der Waals surface area contributed by atoms with Gasteiger partial charge in [-0.15, -0.1) is 0 Å². The third kappa shape index (κ3) is 8.01. The fourth-order valence-corrected chi connectivity index (χ4v) is 4.58. The number of alkyl halides is 3. The van der Waals surface area contributed by atoms with Crippen LogP contribution in [0.15, 0.2) is 40.5 Å². The van der Waals surface area contributed by atoms with E-state index in [1.54, 1.807) is 17.8 Å². The second-order valence-corrected chi connectivity index (χ2v) is 9.60. The molecule has 1 aromatic carbocycles. The highest BCUT2D eigenvalue weighted by Gasteiger charge is 2.26. The molecule has 7 nitrogen and oxygen atoms in total. The van der Waals surface area contributed by atoms with Crippen molar-refractivity contribution < 1.29 is 22.6 Å².